The average molecular weight is 520 g/mol. The van der Waals surface area contributed by atoms with Crippen molar-refractivity contribution < 1.29 is 40.7 Å². The van der Waals surface area contributed by atoms with Crippen LogP contribution in [0.1, 0.15) is 21.5 Å². The lowest BCUT2D eigenvalue weighted by molar-refractivity contribution is -0.137. The zero-order valence-corrected chi connectivity index (χ0v) is 18.9. The Morgan fingerprint density at radius 3 is 2.17 bits per heavy atom. The molecule has 12 heteroatoms. The van der Waals surface area contributed by atoms with Gasteiger partial charge in [0.1, 0.15) is 18.1 Å². The zero-order chi connectivity index (χ0) is 26.3. The van der Waals surface area contributed by atoms with Crippen LogP contribution in [0.5, 0.6) is 0 Å². The minimum atomic E-state index is -4.59. The fourth-order valence-electron chi connectivity index (χ4n) is 3.57. The highest BCUT2D eigenvalue weighted by molar-refractivity contribution is 7.89. The number of Topliss-reactive ketones (excluding diaryl/α,β-unsaturated/α-hetero) is 1. The maximum Gasteiger partial charge on any atom is 0.416 e. The summed E-state index contributed by atoms with van der Waals surface area (Å²) in [7, 11) is -4.53. The third-order valence-electron chi connectivity index (χ3n) is 5.29. The number of sulfonamides is 1. The summed E-state index contributed by atoms with van der Waals surface area (Å²) in [6, 6.07) is 12.9. The van der Waals surface area contributed by atoms with Crippen LogP contribution in [-0.4, -0.2) is 36.1 Å². The first-order chi connectivity index (χ1) is 16.9. The van der Waals surface area contributed by atoms with E-state index < -0.39 is 62.2 Å². The van der Waals surface area contributed by atoms with Gasteiger partial charge in [0.2, 0.25) is 11.7 Å². The Kier molecular flexibility index (Phi) is 6.31. The number of ketones is 1. The molecule has 3 aromatic rings. The van der Waals surface area contributed by atoms with E-state index in [-0.39, 0.29) is 16.8 Å². The van der Waals surface area contributed by atoms with Gasteiger partial charge < -0.3 is 10.4 Å². The molecule has 0 aliphatic carbocycles. The van der Waals surface area contributed by atoms with E-state index in [1.807, 2.05) is 0 Å². The van der Waals surface area contributed by atoms with Gasteiger partial charge in [-0.15, -0.1) is 0 Å². The molecule has 36 heavy (non-hydrogen) atoms. The van der Waals surface area contributed by atoms with E-state index in [0.717, 1.165) is 54.6 Å². The molecule has 0 unspecified atom stereocenters. The molecule has 0 atom stereocenters. The number of nitrogens with one attached hydrogen (secondary N) is 1. The fraction of sp³-hybridized carbons (Fsp3) is 0.0833. The van der Waals surface area contributed by atoms with Gasteiger partial charge in [0.15, 0.2) is 5.76 Å². The quantitative estimate of drug-likeness (QED) is 0.297. The Morgan fingerprint density at radius 2 is 1.56 bits per heavy atom. The molecule has 1 heterocycles. The van der Waals surface area contributed by atoms with Crippen LogP contribution in [0, 0.1) is 5.82 Å². The number of halogens is 4. The number of carbonyl (C=O) groups is 2. The Labute approximate surface area is 202 Å². The molecular weight excluding hydrogens is 504 g/mol. The highest BCUT2D eigenvalue weighted by atomic mass is 32.2. The number of rotatable bonds is 4. The number of anilines is 1. The van der Waals surface area contributed by atoms with E-state index in [1.165, 1.54) is 18.2 Å². The summed E-state index contributed by atoms with van der Waals surface area (Å²) in [5.74, 6) is -3.34. The van der Waals surface area contributed by atoms with Crippen molar-refractivity contribution in [2.45, 2.75) is 11.1 Å². The first-order valence-corrected chi connectivity index (χ1v) is 11.7. The van der Waals surface area contributed by atoms with Crippen LogP contribution in [0.4, 0.5) is 23.2 Å². The molecule has 1 amide bonds. The lowest BCUT2D eigenvalue weighted by Gasteiger charge is -2.31. The number of fused-ring (bicyclic) bond motifs is 1. The normalized spacial score (nSPS) is 16.3. The molecule has 0 fully saturated rings. The maximum absolute atomic E-state index is 13.4. The van der Waals surface area contributed by atoms with Crippen LogP contribution in [-0.2, 0) is 21.0 Å². The standard InChI is InChI=1S/C24H16F4N2O5S/c25-16-9-5-14(6-10-16)22(32)21-23(33)18-3-1-2-4-19(18)36(34,35)30(21)13-20(31)29-17-11-7-15(8-12-17)24(26,27)28/h1-12,32H,13H2,(H,29,31). The summed E-state index contributed by atoms with van der Waals surface area (Å²) < 4.78 is 78.8. The monoisotopic (exact) mass is 520 g/mol. The number of alkyl halides is 3. The van der Waals surface area contributed by atoms with Crippen LogP contribution in [0.15, 0.2) is 83.4 Å². The first-order valence-electron chi connectivity index (χ1n) is 10.2. The molecule has 1 aliphatic heterocycles. The number of carbonyl (C=O) groups excluding carboxylic acids is 2. The summed E-state index contributed by atoms with van der Waals surface area (Å²) in [4.78, 5) is 25.5. The van der Waals surface area contributed by atoms with Gasteiger partial charge in [0.25, 0.3) is 10.0 Å². The van der Waals surface area contributed by atoms with E-state index in [9.17, 15) is 40.7 Å². The summed E-state index contributed by atoms with van der Waals surface area (Å²) in [6.45, 7) is -0.982. The summed E-state index contributed by atoms with van der Waals surface area (Å²) in [5.41, 5.74) is -2.05. The highest BCUT2D eigenvalue weighted by Gasteiger charge is 2.42. The minimum Gasteiger partial charge on any atom is -0.505 e. The van der Waals surface area contributed by atoms with Crippen LogP contribution in [0.2, 0.25) is 0 Å². The Morgan fingerprint density at radius 1 is 0.944 bits per heavy atom. The van der Waals surface area contributed by atoms with Gasteiger partial charge >= 0.3 is 6.18 Å². The third-order valence-corrected chi connectivity index (χ3v) is 7.09. The number of aliphatic hydroxyl groups is 1. The number of nitrogens with zero attached hydrogens (tertiary/aromatic N) is 1. The second kappa shape index (κ2) is 9.11. The molecular formula is C24H16F4N2O5S. The van der Waals surface area contributed by atoms with Crippen LogP contribution in [0.25, 0.3) is 5.76 Å². The number of benzene rings is 3. The van der Waals surface area contributed by atoms with E-state index in [0.29, 0.717) is 4.31 Å². The summed E-state index contributed by atoms with van der Waals surface area (Å²) >= 11 is 0. The molecule has 0 aromatic heterocycles. The molecule has 186 valence electrons. The molecule has 0 radical (unpaired) electrons. The minimum absolute atomic E-state index is 0.0533. The highest BCUT2D eigenvalue weighted by Crippen LogP contribution is 2.35. The van der Waals surface area contributed by atoms with E-state index in [1.54, 1.807) is 0 Å². The molecule has 0 spiro atoms. The molecule has 0 bridgehead atoms. The zero-order valence-electron chi connectivity index (χ0n) is 18.1. The van der Waals surface area contributed by atoms with Crippen molar-refractivity contribution in [3.63, 3.8) is 0 Å². The molecule has 4 rings (SSSR count). The second-order valence-corrected chi connectivity index (χ2v) is 9.50. The summed E-state index contributed by atoms with van der Waals surface area (Å²) in [5, 5.41) is 13.1. The average Bonchev–Trinajstić information content (AvgIpc) is 2.83. The van der Waals surface area contributed by atoms with Crippen molar-refractivity contribution in [3.05, 3.63) is 101 Å². The molecule has 2 N–H and O–H groups in total. The lowest BCUT2D eigenvalue weighted by atomic mass is 10.0. The van der Waals surface area contributed by atoms with Crippen LogP contribution >= 0.6 is 0 Å². The van der Waals surface area contributed by atoms with E-state index in [2.05, 4.69) is 5.32 Å². The topological polar surface area (TPSA) is 104 Å². The van der Waals surface area contributed by atoms with Gasteiger partial charge in [0.05, 0.1) is 10.5 Å². The lowest BCUT2D eigenvalue weighted by Crippen LogP contribution is -2.43. The second-order valence-electron chi connectivity index (χ2n) is 7.66. The van der Waals surface area contributed by atoms with Crippen LogP contribution < -0.4 is 5.32 Å². The fourth-order valence-corrected chi connectivity index (χ4v) is 5.19. The van der Waals surface area contributed by atoms with E-state index >= 15 is 0 Å². The number of amides is 1. The van der Waals surface area contributed by atoms with Crippen LogP contribution in [0.3, 0.4) is 0 Å². The molecule has 1 aliphatic rings. The molecule has 0 saturated carbocycles. The third kappa shape index (κ3) is 4.67. The van der Waals surface area contributed by atoms with Crippen molar-refractivity contribution in [2.24, 2.45) is 0 Å². The van der Waals surface area contributed by atoms with Gasteiger partial charge in [-0.1, -0.05) is 12.1 Å². The van der Waals surface area contributed by atoms with Gasteiger partial charge in [-0.25, -0.2) is 17.1 Å². The van der Waals surface area contributed by atoms with Gasteiger partial charge in [-0.3, -0.25) is 9.59 Å². The molecule has 0 saturated heterocycles. The van der Waals surface area contributed by atoms with Crippen molar-refractivity contribution in [1.82, 2.24) is 4.31 Å². The molecule has 7 nitrogen and oxygen atoms in total. The first kappa shape index (κ1) is 24.9. The number of allylic oxidation sites excluding steroid dienone is 1. The number of hydrogen-bond donors (Lipinski definition) is 2. The van der Waals surface area contributed by atoms with Crippen molar-refractivity contribution >= 4 is 33.2 Å². The predicted octanol–water partition coefficient (Wildman–Crippen LogP) is 4.60. The Hall–Kier alpha value is -4.19. The number of hydrogen-bond acceptors (Lipinski definition) is 5. The van der Waals surface area contributed by atoms with Gasteiger partial charge in [-0.05, 0) is 60.7 Å². The number of aliphatic hydroxyl groups excluding tert-OH is 1. The Bertz CT molecular complexity index is 1480. The smallest absolute Gasteiger partial charge is 0.416 e. The Balaban J connectivity index is 1.74. The maximum atomic E-state index is 13.4. The predicted molar refractivity (Wildman–Crippen MR) is 121 cm³/mol. The summed E-state index contributed by atoms with van der Waals surface area (Å²) in [6.07, 6.45) is -4.59. The molecule has 3 aromatic carbocycles. The van der Waals surface area contributed by atoms with Gasteiger partial charge in [-0.2, -0.15) is 13.2 Å². The van der Waals surface area contributed by atoms with Crippen molar-refractivity contribution in [1.29, 1.82) is 0 Å². The van der Waals surface area contributed by atoms with Crippen molar-refractivity contribution in [2.75, 3.05) is 11.9 Å². The SMILES string of the molecule is O=C(CN1C(=C(O)c2ccc(F)cc2)C(=O)c2ccccc2S1(=O)=O)Nc1ccc(C(F)(F)F)cc1. The van der Waals surface area contributed by atoms with E-state index in [4.69, 9.17) is 0 Å². The largest absolute Gasteiger partial charge is 0.505 e. The van der Waals surface area contributed by atoms with Crippen molar-refractivity contribution in [3.8, 4) is 0 Å². The van der Waals surface area contributed by atoms with Gasteiger partial charge in [0, 0.05) is 16.8 Å².